The van der Waals surface area contributed by atoms with Gasteiger partial charge in [-0.2, -0.15) is 5.10 Å². The van der Waals surface area contributed by atoms with Crippen LogP contribution >= 0.6 is 23.2 Å². The summed E-state index contributed by atoms with van der Waals surface area (Å²) in [5, 5.41) is 5.52. The molecule has 1 aromatic heterocycles. The Labute approximate surface area is 109 Å². The highest BCUT2D eigenvalue weighted by Crippen LogP contribution is 2.22. The number of nitrogens with two attached hydrogens (primary N) is 1. The number of halogens is 2. The van der Waals surface area contributed by atoms with Gasteiger partial charge in [0.25, 0.3) is 0 Å². The van der Waals surface area contributed by atoms with Crippen LogP contribution in [-0.4, -0.2) is 14.8 Å². The molecular formula is C11H12Cl2N4. The second kappa shape index (κ2) is 5.04. The van der Waals surface area contributed by atoms with Crippen LogP contribution < -0.4 is 5.73 Å². The number of hydrogen-bond donors (Lipinski definition) is 1. The maximum absolute atomic E-state index is 6.09. The molecule has 0 aliphatic rings. The predicted molar refractivity (Wildman–Crippen MR) is 68.2 cm³/mol. The Morgan fingerprint density at radius 2 is 2.12 bits per heavy atom. The summed E-state index contributed by atoms with van der Waals surface area (Å²) < 4.78 is 1.68. The molecule has 0 unspecified atom stereocenters. The van der Waals surface area contributed by atoms with E-state index < -0.39 is 0 Å². The van der Waals surface area contributed by atoms with Crippen molar-refractivity contribution in [1.29, 1.82) is 0 Å². The number of aromatic nitrogens is 3. The largest absolute Gasteiger partial charge is 0.324 e. The lowest BCUT2D eigenvalue weighted by Crippen LogP contribution is -2.05. The molecule has 6 heteroatoms. The van der Waals surface area contributed by atoms with E-state index in [-0.39, 0.29) is 0 Å². The fraction of sp³-hybridized carbons (Fsp3) is 0.273. The van der Waals surface area contributed by atoms with Crippen LogP contribution in [0.15, 0.2) is 18.2 Å². The summed E-state index contributed by atoms with van der Waals surface area (Å²) in [6, 6.07) is 5.39. The molecule has 0 saturated heterocycles. The van der Waals surface area contributed by atoms with E-state index in [0.717, 1.165) is 11.4 Å². The van der Waals surface area contributed by atoms with Crippen LogP contribution in [0.1, 0.15) is 17.2 Å². The van der Waals surface area contributed by atoms with Gasteiger partial charge < -0.3 is 5.73 Å². The lowest BCUT2D eigenvalue weighted by Gasteiger charge is -2.01. The van der Waals surface area contributed by atoms with Gasteiger partial charge in [-0.15, -0.1) is 0 Å². The summed E-state index contributed by atoms with van der Waals surface area (Å²) in [6.45, 7) is 0.373. The third-order valence-corrected chi connectivity index (χ3v) is 3.03. The molecule has 0 aliphatic carbocycles. The smallest absolute Gasteiger partial charge is 0.155 e. The van der Waals surface area contributed by atoms with Crippen molar-refractivity contribution in [3.05, 3.63) is 45.5 Å². The zero-order valence-electron chi connectivity index (χ0n) is 9.32. The molecule has 2 N–H and O–H groups in total. The molecule has 0 radical (unpaired) electrons. The van der Waals surface area contributed by atoms with E-state index in [0.29, 0.717) is 28.8 Å². The molecule has 2 rings (SSSR count). The van der Waals surface area contributed by atoms with Crippen molar-refractivity contribution >= 4 is 23.2 Å². The summed E-state index contributed by atoms with van der Waals surface area (Å²) in [5.41, 5.74) is 6.49. The fourth-order valence-electron chi connectivity index (χ4n) is 1.56. The maximum atomic E-state index is 6.09. The van der Waals surface area contributed by atoms with E-state index in [1.54, 1.807) is 16.8 Å². The van der Waals surface area contributed by atoms with Crippen molar-refractivity contribution in [2.24, 2.45) is 12.8 Å². The Hall–Kier alpha value is -1.10. The van der Waals surface area contributed by atoms with Crippen LogP contribution in [0.3, 0.4) is 0 Å². The van der Waals surface area contributed by atoms with Crippen molar-refractivity contribution in [2.75, 3.05) is 0 Å². The van der Waals surface area contributed by atoms with Gasteiger partial charge in [0.15, 0.2) is 5.82 Å². The van der Waals surface area contributed by atoms with Crippen molar-refractivity contribution in [2.45, 2.75) is 13.0 Å². The summed E-state index contributed by atoms with van der Waals surface area (Å²) in [5.74, 6) is 1.46. The third kappa shape index (κ3) is 2.77. The maximum Gasteiger partial charge on any atom is 0.155 e. The summed E-state index contributed by atoms with van der Waals surface area (Å²) in [4.78, 5) is 4.32. The van der Waals surface area contributed by atoms with Gasteiger partial charge in [0.2, 0.25) is 0 Å². The van der Waals surface area contributed by atoms with Gasteiger partial charge in [-0.25, -0.2) is 4.98 Å². The molecule has 17 heavy (non-hydrogen) atoms. The van der Waals surface area contributed by atoms with E-state index in [1.807, 2.05) is 13.1 Å². The number of nitrogens with zero attached hydrogens (tertiary/aromatic N) is 3. The summed E-state index contributed by atoms with van der Waals surface area (Å²) in [7, 11) is 1.82. The highest BCUT2D eigenvalue weighted by atomic mass is 35.5. The topological polar surface area (TPSA) is 56.7 Å². The number of rotatable bonds is 3. The van der Waals surface area contributed by atoms with E-state index in [2.05, 4.69) is 10.1 Å². The molecule has 1 aromatic carbocycles. The van der Waals surface area contributed by atoms with Crippen LogP contribution in [0.2, 0.25) is 10.0 Å². The average molecular weight is 271 g/mol. The molecule has 0 spiro atoms. The summed E-state index contributed by atoms with van der Waals surface area (Å²) in [6.07, 6.45) is 0.573. The van der Waals surface area contributed by atoms with Crippen LogP contribution in [0.25, 0.3) is 0 Å². The molecule has 0 bridgehead atoms. The second-order valence-electron chi connectivity index (χ2n) is 3.68. The Bertz CT molecular complexity index is 536. The molecule has 4 nitrogen and oxygen atoms in total. The zero-order valence-corrected chi connectivity index (χ0v) is 10.8. The van der Waals surface area contributed by atoms with Gasteiger partial charge in [-0.3, -0.25) is 4.68 Å². The van der Waals surface area contributed by atoms with Gasteiger partial charge in [0.05, 0.1) is 6.54 Å². The highest BCUT2D eigenvalue weighted by Gasteiger charge is 2.09. The third-order valence-electron chi connectivity index (χ3n) is 2.44. The first kappa shape index (κ1) is 12.4. The van der Waals surface area contributed by atoms with Crippen LogP contribution in [0.5, 0.6) is 0 Å². The van der Waals surface area contributed by atoms with Crippen molar-refractivity contribution < 1.29 is 0 Å². The first-order valence-corrected chi connectivity index (χ1v) is 5.88. The van der Waals surface area contributed by atoms with Gasteiger partial charge in [-0.1, -0.05) is 29.3 Å². The normalized spacial score (nSPS) is 10.8. The van der Waals surface area contributed by atoms with Crippen molar-refractivity contribution in [3.63, 3.8) is 0 Å². The SMILES string of the molecule is Cn1nc(Cc2ccc(Cl)cc2Cl)nc1CN. The minimum Gasteiger partial charge on any atom is -0.324 e. The number of hydrogen-bond acceptors (Lipinski definition) is 3. The highest BCUT2D eigenvalue weighted by molar-refractivity contribution is 6.35. The number of benzene rings is 1. The van der Waals surface area contributed by atoms with Crippen molar-refractivity contribution in [1.82, 2.24) is 14.8 Å². The molecule has 90 valence electrons. The lowest BCUT2D eigenvalue weighted by molar-refractivity contribution is 0.696. The zero-order chi connectivity index (χ0) is 12.4. The van der Waals surface area contributed by atoms with E-state index in [4.69, 9.17) is 28.9 Å². The Kier molecular flexibility index (Phi) is 3.66. The Morgan fingerprint density at radius 3 is 2.71 bits per heavy atom. The van der Waals surface area contributed by atoms with E-state index in [1.165, 1.54) is 0 Å². The fourth-order valence-corrected chi connectivity index (χ4v) is 2.04. The molecule has 0 aliphatic heterocycles. The first-order chi connectivity index (χ1) is 8.10. The Balaban J connectivity index is 2.25. The predicted octanol–water partition coefficient (Wildman–Crippen LogP) is 2.17. The number of aryl methyl sites for hydroxylation is 1. The Morgan fingerprint density at radius 1 is 1.35 bits per heavy atom. The van der Waals surface area contributed by atoms with Gasteiger partial charge >= 0.3 is 0 Å². The van der Waals surface area contributed by atoms with E-state index in [9.17, 15) is 0 Å². The quantitative estimate of drug-likeness (QED) is 0.930. The lowest BCUT2D eigenvalue weighted by atomic mass is 10.1. The minimum absolute atomic E-state index is 0.373. The van der Waals surface area contributed by atoms with Crippen LogP contribution in [0, 0.1) is 0 Å². The van der Waals surface area contributed by atoms with Gasteiger partial charge in [-0.05, 0) is 17.7 Å². The first-order valence-electron chi connectivity index (χ1n) is 5.13. The second-order valence-corrected chi connectivity index (χ2v) is 4.53. The van der Waals surface area contributed by atoms with Crippen LogP contribution in [0.4, 0.5) is 0 Å². The molecular weight excluding hydrogens is 259 g/mol. The molecule has 0 atom stereocenters. The average Bonchev–Trinajstić information content (AvgIpc) is 2.63. The van der Waals surface area contributed by atoms with Crippen molar-refractivity contribution in [3.8, 4) is 0 Å². The molecule has 0 saturated carbocycles. The standard InChI is InChI=1S/C11H12Cl2N4/c1-17-11(6-14)15-10(16-17)4-7-2-3-8(12)5-9(7)13/h2-3,5H,4,6,14H2,1H3. The van der Waals surface area contributed by atoms with Gasteiger partial charge in [0.1, 0.15) is 5.82 Å². The molecule has 0 amide bonds. The molecule has 0 fully saturated rings. The minimum atomic E-state index is 0.373. The van der Waals surface area contributed by atoms with Crippen LogP contribution in [-0.2, 0) is 20.0 Å². The molecule has 2 aromatic rings. The monoisotopic (exact) mass is 270 g/mol. The van der Waals surface area contributed by atoms with E-state index >= 15 is 0 Å². The molecule has 1 heterocycles. The summed E-state index contributed by atoms with van der Waals surface area (Å²) >= 11 is 11.9. The van der Waals surface area contributed by atoms with Gasteiger partial charge in [0, 0.05) is 23.5 Å².